The predicted molar refractivity (Wildman–Crippen MR) is 232 cm³/mol. The molecule has 0 aliphatic heterocycles. The van der Waals surface area contributed by atoms with Gasteiger partial charge >= 0.3 is 0 Å². The molecule has 6 bridgehead atoms. The molecule has 2 saturated carbocycles. The van der Waals surface area contributed by atoms with Gasteiger partial charge in [-0.2, -0.15) is 0 Å². The van der Waals surface area contributed by atoms with Crippen LogP contribution in [0.5, 0.6) is 0 Å². The van der Waals surface area contributed by atoms with Crippen molar-refractivity contribution in [3.8, 4) is 11.1 Å². The number of fused-ring (bicyclic) bond motifs is 13. The molecular weight excluding hydrogens is 707 g/mol. The van der Waals surface area contributed by atoms with Crippen LogP contribution < -0.4 is 0 Å². The molecule has 5 heterocycles. The number of para-hydroxylation sites is 1. The Bertz CT molecular complexity index is 3520. The second kappa shape index (κ2) is 9.64. The molecule has 2 atom stereocenters. The lowest BCUT2D eigenvalue weighted by Crippen LogP contribution is -2.28. The monoisotopic (exact) mass is 745 g/mol. The number of aromatic nitrogens is 3. The number of benzene rings is 5. The summed E-state index contributed by atoms with van der Waals surface area (Å²) in [6.45, 7) is 4.96. The standard InChI is InChI=1S/C54H39N3O/c1-54(2)38-21-35-29-9-7-8-14-41(29)58-42(35)22-34(38)36-20-37-46-39(23-55-51-28-18-25-15-26(19-28)17-27(16-25)43(46)51)57-40-24-56-52-45-32-12-5-3-10-30(32)44(31-11-4-6-13-33(31)45)48(52)47(40)49(50(36)54)53(37)57/h3-14,20-28,44-45H,15-19H2,1-2H3. The van der Waals surface area contributed by atoms with Crippen molar-refractivity contribution in [2.24, 2.45) is 11.8 Å². The number of nitrogens with zero attached hydrogens (tertiary/aromatic N) is 3. The van der Waals surface area contributed by atoms with Gasteiger partial charge < -0.3 is 8.82 Å². The topological polar surface area (TPSA) is 43.3 Å². The van der Waals surface area contributed by atoms with Crippen LogP contribution in [0.1, 0.15) is 126 Å². The molecule has 4 heteroatoms. The summed E-state index contributed by atoms with van der Waals surface area (Å²) in [7, 11) is 0. The lowest BCUT2D eigenvalue weighted by Gasteiger charge is -2.41. The molecule has 8 aliphatic carbocycles. The van der Waals surface area contributed by atoms with Crippen molar-refractivity contribution in [1.82, 2.24) is 14.4 Å². The predicted octanol–water partition coefficient (Wildman–Crippen LogP) is 13.2. The Morgan fingerprint density at radius 2 is 1.22 bits per heavy atom. The van der Waals surface area contributed by atoms with Gasteiger partial charge in [0.25, 0.3) is 0 Å². The summed E-state index contributed by atoms with van der Waals surface area (Å²) >= 11 is 0. The highest BCUT2D eigenvalue weighted by atomic mass is 16.3. The Morgan fingerprint density at radius 1 is 0.569 bits per heavy atom. The van der Waals surface area contributed by atoms with Crippen molar-refractivity contribution in [3.05, 3.63) is 159 Å². The Hall–Kier alpha value is -6.00. The van der Waals surface area contributed by atoms with E-state index in [9.17, 15) is 0 Å². The largest absolute Gasteiger partial charge is 0.456 e. The van der Waals surface area contributed by atoms with Gasteiger partial charge in [-0.1, -0.05) is 80.6 Å². The Balaban J connectivity index is 1.11. The third kappa shape index (κ3) is 3.22. The molecule has 276 valence electrons. The van der Waals surface area contributed by atoms with E-state index in [1.54, 1.807) is 5.56 Å². The van der Waals surface area contributed by atoms with E-state index in [0.29, 0.717) is 11.8 Å². The van der Waals surface area contributed by atoms with Gasteiger partial charge in [0, 0.05) is 55.3 Å². The Morgan fingerprint density at radius 3 is 1.98 bits per heavy atom. The molecule has 0 N–H and O–H groups in total. The van der Waals surface area contributed by atoms with E-state index in [1.807, 2.05) is 0 Å². The number of rotatable bonds is 0. The van der Waals surface area contributed by atoms with E-state index < -0.39 is 0 Å². The van der Waals surface area contributed by atoms with Crippen LogP contribution in [0.25, 0.3) is 71.2 Å². The first kappa shape index (κ1) is 30.1. The first-order chi connectivity index (χ1) is 28.5. The van der Waals surface area contributed by atoms with Gasteiger partial charge in [-0.05, 0) is 130 Å². The fourth-order valence-electron chi connectivity index (χ4n) is 14.7. The highest BCUT2D eigenvalue weighted by Crippen LogP contribution is 2.63. The van der Waals surface area contributed by atoms with Crippen LogP contribution >= 0.6 is 0 Å². The summed E-state index contributed by atoms with van der Waals surface area (Å²) in [5, 5.41) is 8.10. The summed E-state index contributed by atoms with van der Waals surface area (Å²) < 4.78 is 9.26. The van der Waals surface area contributed by atoms with Crippen LogP contribution in [-0.2, 0) is 5.41 Å². The van der Waals surface area contributed by atoms with Crippen molar-refractivity contribution in [2.75, 3.05) is 0 Å². The fraction of sp³-hybridized carbons (Fsp3) is 0.259. The molecule has 0 spiro atoms. The second-order valence-corrected chi connectivity index (χ2v) is 19.6. The number of furan rings is 1. The second-order valence-electron chi connectivity index (χ2n) is 19.6. The Kier molecular flexibility index (Phi) is 5.01. The summed E-state index contributed by atoms with van der Waals surface area (Å²) in [4.78, 5) is 11.1. The molecule has 4 nitrogen and oxygen atoms in total. The van der Waals surface area contributed by atoms with E-state index >= 15 is 0 Å². The van der Waals surface area contributed by atoms with E-state index in [-0.39, 0.29) is 17.3 Å². The molecule has 0 amide bonds. The molecule has 2 unspecified atom stereocenters. The molecule has 0 radical (unpaired) electrons. The van der Waals surface area contributed by atoms with Gasteiger partial charge in [-0.25, -0.2) is 0 Å². The molecule has 2 fully saturated rings. The third-order valence-corrected chi connectivity index (χ3v) is 16.6. The maximum atomic E-state index is 6.63. The zero-order valence-electron chi connectivity index (χ0n) is 32.6. The summed E-state index contributed by atoms with van der Waals surface area (Å²) in [5.74, 6) is 3.09. The van der Waals surface area contributed by atoms with Gasteiger partial charge in [-0.3, -0.25) is 9.97 Å². The zero-order valence-corrected chi connectivity index (χ0v) is 32.6. The lowest BCUT2D eigenvalue weighted by atomic mass is 9.62. The highest BCUT2D eigenvalue weighted by Gasteiger charge is 2.48. The van der Waals surface area contributed by atoms with Crippen molar-refractivity contribution >= 4 is 60.0 Å². The van der Waals surface area contributed by atoms with Crippen LogP contribution in [0.3, 0.4) is 0 Å². The summed E-state index contributed by atoms with van der Waals surface area (Å²) in [5.41, 5.74) is 22.4. The van der Waals surface area contributed by atoms with E-state index in [1.165, 1.54) is 142 Å². The van der Waals surface area contributed by atoms with Crippen molar-refractivity contribution in [2.45, 2.75) is 75.0 Å². The minimum Gasteiger partial charge on any atom is -0.456 e. The first-order valence-electron chi connectivity index (χ1n) is 21.7. The molecule has 0 saturated heterocycles. The third-order valence-electron chi connectivity index (χ3n) is 16.6. The van der Waals surface area contributed by atoms with E-state index in [4.69, 9.17) is 14.4 Å². The first-order valence-corrected chi connectivity index (χ1v) is 21.7. The number of hydrogen-bond donors (Lipinski definition) is 0. The lowest BCUT2D eigenvalue weighted by molar-refractivity contribution is 0.165. The molecular formula is C54H39N3O. The van der Waals surface area contributed by atoms with Crippen molar-refractivity contribution in [1.29, 1.82) is 0 Å². The maximum Gasteiger partial charge on any atom is 0.136 e. The Labute approximate surface area is 334 Å². The quantitative estimate of drug-likeness (QED) is 0.155. The molecule has 5 aromatic carbocycles. The molecule has 58 heavy (non-hydrogen) atoms. The van der Waals surface area contributed by atoms with Gasteiger partial charge in [0.1, 0.15) is 11.2 Å². The van der Waals surface area contributed by atoms with E-state index in [2.05, 4.69) is 122 Å². The smallest absolute Gasteiger partial charge is 0.136 e. The zero-order chi connectivity index (χ0) is 37.5. The number of hydrogen-bond acceptors (Lipinski definition) is 3. The van der Waals surface area contributed by atoms with Crippen LogP contribution in [0.4, 0.5) is 0 Å². The van der Waals surface area contributed by atoms with Gasteiger partial charge in [0.2, 0.25) is 0 Å². The van der Waals surface area contributed by atoms with Crippen LogP contribution in [0, 0.1) is 11.8 Å². The highest BCUT2D eigenvalue weighted by molar-refractivity contribution is 6.28. The summed E-state index contributed by atoms with van der Waals surface area (Å²) in [6.07, 6.45) is 11.2. The normalized spacial score (nSPS) is 25.2. The minimum atomic E-state index is -0.254. The van der Waals surface area contributed by atoms with Crippen molar-refractivity contribution < 1.29 is 4.42 Å². The number of pyridine rings is 2. The molecule has 10 aromatic rings. The fourth-order valence-corrected chi connectivity index (χ4v) is 14.7. The molecule has 18 rings (SSSR count). The molecule has 8 aliphatic rings. The van der Waals surface area contributed by atoms with Gasteiger partial charge in [-0.15, -0.1) is 0 Å². The molecule has 5 aromatic heterocycles. The average molecular weight is 746 g/mol. The van der Waals surface area contributed by atoms with Gasteiger partial charge in [0.15, 0.2) is 0 Å². The van der Waals surface area contributed by atoms with Crippen LogP contribution in [0.15, 0.2) is 108 Å². The van der Waals surface area contributed by atoms with Crippen LogP contribution in [0.2, 0.25) is 0 Å². The maximum absolute atomic E-state index is 6.63. The van der Waals surface area contributed by atoms with Crippen LogP contribution in [-0.4, -0.2) is 14.4 Å². The van der Waals surface area contributed by atoms with Gasteiger partial charge in [0.05, 0.1) is 40.6 Å². The minimum absolute atomic E-state index is 0.121. The SMILES string of the molecule is CC1(C)c2cc3c(cc2-c2cc4c5c6c(ncc5n5c7cnc8c(c7c(c21)c45)C1c2ccccc2C8c2ccccc21)C1CC2CC(C1)CC6C2)oc1ccccc13. The van der Waals surface area contributed by atoms with E-state index in [0.717, 1.165) is 23.0 Å². The summed E-state index contributed by atoms with van der Waals surface area (Å²) in [6, 6.07) is 34.4. The average Bonchev–Trinajstić information content (AvgIpc) is 3.92. The van der Waals surface area contributed by atoms with Crippen molar-refractivity contribution in [3.63, 3.8) is 0 Å².